The molecular formula is C18H18N2O4. The van der Waals surface area contributed by atoms with E-state index in [1.54, 1.807) is 12.2 Å². The fourth-order valence-corrected chi connectivity index (χ4v) is 3.16. The summed E-state index contributed by atoms with van der Waals surface area (Å²) in [6.45, 7) is 2.84. The lowest BCUT2D eigenvalue weighted by atomic mass is 10.1. The van der Waals surface area contributed by atoms with Crippen molar-refractivity contribution in [3.05, 3.63) is 47.4 Å². The number of likely N-dealkylation sites (tertiary alicyclic amines) is 1. The number of fused-ring (bicyclic) bond motifs is 1. The number of hydrogen-bond acceptors (Lipinski definition) is 5. The normalized spacial score (nSPS) is 19.4. The number of aromatic nitrogens is 1. The number of rotatable bonds is 3. The van der Waals surface area contributed by atoms with Gasteiger partial charge in [-0.2, -0.15) is 0 Å². The molecular weight excluding hydrogens is 308 g/mol. The smallest absolute Gasteiger partial charge is 0.247 e. The average Bonchev–Trinajstić information content (AvgIpc) is 3.31. The van der Waals surface area contributed by atoms with Gasteiger partial charge in [0.15, 0.2) is 11.5 Å². The molecule has 1 aromatic carbocycles. The van der Waals surface area contributed by atoms with Crippen molar-refractivity contribution in [3.8, 4) is 11.5 Å². The van der Waals surface area contributed by atoms with Crippen molar-refractivity contribution in [1.29, 1.82) is 0 Å². The van der Waals surface area contributed by atoms with Gasteiger partial charge in [-0.15, -0.1) is 0 Å². The molecule has 2 aromatic rings. The van der Waals surface area contributed by atoms with E-state index in [1.807, 2.05) is 36.1 Å². The van der Waals surface area contributed by atoms with Gasteiger partial charge in [-0.25, -0.2) is 0 Å². The van der Waals surface area contributed by atoms with Crippen LogP contribution >= 0.6 is 0 Å². The highest BCUT2D eigenvalue weighted by Crippen LogP contribution is 2.34. The summed E-state index contributed by atoms with van der Waals surface area (Å²) in [6, 6.07) is 7.52. The largest absolute Gasteiger partial charge is 0.454 e. The molecule has 0 unspecified atom stereocenters. The number of nitrogens with zero attached hydrogens (tertiary/aromatic N) is 2. The predicted octanol–water partition coefficient (Wildman–Crippen LogP) is 3.09. The number of amides is 1. The Hall–Kier alpha value is -2.76. The molecule has 1 saturated heterocycles. The van der Waals surface area contributed by atoms with Crippen LogP contribution in [0.4, 0.5) is 0 Å². The molecule has 4 rings (SSSR count). The Balaban J connectivity index is 1.49. The van der Waals surface area contributed by atoms with E-state index in [2.05, 4.69) is 5.16 Å². The zero-order chi connectivity index (χ0) is 16.5. The third kappa shape index (κ3) is 2.75. The van der Waals surface area contributed by atoms with Crippen molar-refractivity contribution in [2.75, 3.05) is 13.3 Å². The Bertz CT molecular complexity index is 796. The van der Waals surface area contributed by atoms with Crippen LogP contribution in [-0.2, 0) is 4.79 Å². The number of benzene rings is 1. The van der Waals surface area contributed by atoms with E-state index in [0.29, 0.717) is 5.75 Å². The van der Waals surface area contributed by atoms with Gasteiger partial charge in [-0.1, -0.05) is 11.2 Å². The summed E-state index contributed by atoms with van der Waals surface area (Å²) in [4.78, 5) is 14.4. The lowest BCUT2D eigenvalue weighted by Gasteiger charge is -2.21. The first-order valence-electron chi connectivity index (χ1n) is 8.02. The number of ether oxygens (including phenoxy) is 2. The predicted molar refractivity (Wildman–Crippen MR) is 86.5 cm³/mol. The fraction of sp³-hybridized carbons (Fsp3) is 0.333. The molecule has 0 bridgehead atoms. The van der Waals surface area contributed by atoms with E-state index in [4.69, 9.17) is 14.0 Å². The maximum atomic E-state index is 12.6. The molecule has 1 fully saturated rings. The SMILES string of the molecule is Cc1cc([C@H]2CCCN2C(=O)/C=C/c2ccc3c(c2)OCO3)no1. The lowest BCUT2D eigenvalue weighted by Crippen LogP contribution is -2.29. The van der Waals surface area contributed by atoms with Gasteiger partial charge in [0.25, 0.3) is 0 Å². The van der Waals surface area contributed by atoms with Crippen molar-refractivity contribution in [1.82, 2.24) is 10.1 Å². The zero-order valence-electron chi connectivity index (χ0n) is 13.4. The standard InChI is InChI=1S/C18H18N2O4/c1-12-9-14(19-24-12)15-3-2-8-20(15)18(21)7-5-13-4-6-16-17(10-13)23-11-22-16/h4-7,9-10,15H,2-3,8,11H2,1H3/b7-5+/t15-/m1/s1. The van der Waals surface area contributed by atoms with E-state index in [-0.39, 0.29) is 18.7 Å². The number of hydrogen-bond donors (Lipinski definition) is 0. The Morgan fingerprint density at radius 3 is 3.00 bits per heavy atom. The van der Waals surface area contributed by atoms with Gasteiger partial charge >= 0.3 is 0 Å². The molecule has 24 heavy (non-hydrogen) atoms. The van der Waals surface area contributed by atoms with Gasteiger partial charge in [-0.3, -0.25) is 4.79 Å². The average molecular weight is 326 g/mol. The summed E-state index contributed by atoms with van der Waals surface area (Å²) in [5, 5.41) is 4.06. The molecule has 2 aliphatic heterocycles. The Morgan fingerprint density at radius 2 is 2.17 bits per heavy atom. The third-order valence-corrected chi connectivity index (χ3v) is 4.34. The minimum atomic E-state index is -0.0178. The first-order valence-corrected chi connectivity index (χ1v) is 8.02. The van der Waals surface area contributed by atoms with Crippen LogP contribution in [0.15, 0.2) is 34.9 Å². The molecule has 0 saturated carbocycles. The summed E-state index contributed by atoms with van der Waals surface area (Å²) in [7, 11) is 0. The van der Waals surface area contributed by atoms with Crippen molar-refractivity contribution < 1.29 is 18.8 Å². The highest BCUT2D eigenvalue weighted by molar-refractivity contribution is 5.92. The maximum Gasteiger partial charge on any atom is 0.247 e. The molecule has 1 amide bonds. The van der Waals surface area contributed by atoms with Crippen molar-refractivity contribution in [3.63, 3.8) is 0 Å². The second kappa shape index (κ2) is 6.03. The molecule has 6 nitrogen and oxygen atoms in total. The van der Waals surface area contributed by atoms with Gasteiger partial charge in [0.2, 0.25) is 12.7 Å². The third-order valence-electron chi connectivity index (χ3n) is 4.34. The van der Waals surface area contributed by atoms with Crippen LogP contribution in [0.3, 0.4) is 0 Å². The first kappa shape index (κ1) is 14.8. The molecule has 0 aliphatic carbocycles. The van der Waals surface area contributed by atoms with E-state index in [1.165, 1.54) is 0 Å². The topological polar surface area (TPSA) is 64.8 Å². The summed E-state index contributed by atoms with van der Waals surface area (Å²) < 4.78 is 15.8. The quantitative estimate of drug-likeness (QED) is 0.811. The van der Waals surface area contributed by atoms with Gasteiger partial charge in [0.1, 0.15) is 11.5 Å². The Labute approximate surface area is 139 Å². The zero-order valence-corrected chi connectivity index (χ0v) is 13.4. The number of carbonyl (C=O) groups is 1. The molecule has 3 heterocycles. The van der Waals surface area contributed by atoms with Crippen LogP contribution in [0.2, 0.25) is 0 Å². The minimum absolute atomic E-state index is 0.00338. The Morgan fingerprint density at radius 1 is 1.29 bits per heavy atom. The van der Waals surface area contributed by atoms with Crippen molar-refractivity contribution >= 4 is 12.0 Å². The highest BCUT2D eigenvalue weighted by atomic mass is 16.7. The van der Waals surface area contributed by atoms with Crippen LogP contribution in [-0.4, -0.2) is 29.3 Å². The van der Waals surface area contributed by atoms with Gasteiger partial charge in [0, 0.05) is 18.7 Å². The number of carbonyl (C=O) groups excluding carboxylic acids is 1. The monoisotopic (exact) mass is 326 g/mol. The summed E-state index contributed by atoms with van der Waals surface area (Å²) in [5.74, 6) is 2.19. The number of aryl methyl sites for hydroxylation is 1. The molecule has 1 aromatic heterocycles. The summed E-state index contributed by atoms with van der Waals surface area (Å²) in [6.07, 6.45) is 5.28. The molecule has 1 atom stereocenters. The van der Waals surface area contributed by atoms with Crippen molar-refractivity contribution in [2.45, 2.75) is 25.8 Å². The molecule has 0 N–H and O–H groups in total. The second-order valence-corrected chi connectivity index (χ2v) is 6.00. The van der Waals surface area contributed by atoms with Crippen LogP contribution in [0.1, 0.15) is 35.9 Å². The maximum absolute atomic E-state index is 12.6. The first-order chi connectivity index (χ1) is 11.7. The van der Waals surface area contributed by atoms with Crippen LogP contribution in [0.25, 0.3) is 6.08 Å². The lowest BCUT2D eigenvalue weighted by molar-refractivity contribution is -0.126. The molecule has 0 spiro atoms. The molecule has 6 heteroatoms. The molecule has 124 valence electrons. The van der Waals surface area contributed by atoms with Gasteiger partial charge < -0.3 is 18.9 Å². The summed E-state index contributed by atoms with van der Waals surface area (Å²) in [5.41, 5.74) is 1.73. The van der Waals surface area contributed by atoms with Gasteiger partial charge in [0.05, 0.1) is 6.04 Å². The minimum Gasteiger partial charge on any atom is -0.454 e. The van der Waals surface area contributed by atoms with Gasteiger partial charge in [-0.05, 0) is 43.5 Å². The molecule has 2 aliphatic rings. The van der Waals surface area contributed by atoms with E-state index in [0.717, 1.165) is 42.2 Å². The van der Waals surface area contributed by atoms with Crippen molar-refractivity contribution in [2.24, 2.45) is 0 Å². The summed E-state index contributed by atoms with van der Waals surface area (Å²) >= 11 is 0. The highest BCUT2D eigenvalue weighted by Gasteiger charge is 2.30. The van der Waals surface area contributed by atoms with E-state index in [9.17, 15) is 4.79 Å². The Kier molecular flexibility index (Phi) is 3.72. The second-order valence-electron chi connectivity index (χ2n) is 6.00. The van der Waals surface area contributed by atoms with E-state index >= 15 is 0 Å². The van der Waals surface area contributed by atoms with Crippen LogP contribution in [0, 0.1) is 6.92 Å². The van der Waals surface area contributed by atoms with E-state index < -0.39 is 0 Å². The molecule has 0 radical (unpaired) electrons. The van der Waals surface area contributed by atoms with Crippen LogP contribution in [0.5, 0.6) is 11.5 Å². The van der Waals surface area contributed by atoms with Crippen LogP contribution < -0.4 is 9.47 Å². The fourth-order valence-electron chi connectivity index (χ4n) is 3.16.